The molecule has 1 atom stereocenters. The second-order valence-corrected chi connectivity index (χ2v) is 7.73. The summed E-state index contributed by atoms with van der Waals surface area (Å²) in [6.07, 6.45) is 3.98. The molecule has 0 bridgehead atoms. The summed E-state index contributed by atoms with van der Waals surface area (Å²) in [6.45, 7) is 10.6. The van der Waals surface area contributed by atoms with E-state index >= 15 is 0 Å². The van der Waals surface area contributed by atoms with Gasteiger partial charge in [0.05, 0.1) is 24.9 Å². The minimum absolute atomic E-state index is 0.0192. The first-order valence-electron chi connectivity index (χ1n) is 10.3. The van der Waals surface area contributed by atoms with E-state index in [1.165, 1.54) is 5.56 Å². The summed E-state index contributed by atoms with van der Waals surface area (Å²) in [5, 5.41) is 10.9. The normalized spacial score (nSPS) is 15.5. The zero-order chi connectivity index (χ0) is 20.7. The first-order chi connectivity index (χ1) is 13.3. The third kappa shape index (κ3) is 6.42. The molecule has 1 fully saturated rings. The summed E-state index contributed by atoms with van der Waals surface area (Å²) < 4.78 is 6.91. The van der Waals surface area contributed by atoms with Gasteiger partial charge in [-0.15, -0.1) is 0 Å². The van der Waals surface area contributed by atoms with E-state index in [2.05, 4.69) is 47.6 Å². The molecule has 2 N–H and O–H groups in total. The lowest BCUT2D eigenvalue weighted by molar-refractivity contribution is 0.147. The van der Waals surface area contributed by atoms with Crippen molar-refractivity contribution in [1.29, 1.82) is 0 Å². The molecule has 1 amide bonds. The van der Waals surface area contributed by atoms with Crippen molar-refractivity contribution in [2.75, 3.05) is 26.7 Å². The Bertz CT molecular complexity index is 666. The molecule has 0 aromatic carbocycles. The van der Waals surface area contributed by atoms with Gasteiger partial charge in [0.15, 0.2) is 5.96 Å². The Hall–Kier alpha value is -2.25. The number of amides is 1. The third-order valence-electron chi connectivity index (χ3n) is 4.80. The number of alkyl carbamates (subject to hydrolysis) is 1. The highest BCUT2D eigenvalue weighted by molar-refractivity contribution is 5.79. The summed E-state index contributed by atoms with van der Waals surface area (Å²) in [4.78, 5) is 18.7. The van der Waals surface area contributed by atoms with Crippen LogP contribution in [0.1, 0.15) is 57.7 Å². The van der Waals surface area contributed by atoms with E-state index in [-0.39, 0.29) is 12.1 Å². The van der Waals surface area contributed by atoms with Crippen molar-refractivity contribution in [2.24, 2.45) is 18.0 Å². The van der Waals surface area contributed by atoms with Crippen molar-refractivity contribution in [2.45, 2.75) is 59.0 Å². The Labute approximate surface area is 168 Å². The van der Waals surface area contributed by atoms with E-state index in [0.717, 1.165) is 37.6 Å². The molecule has 1 saturated carbocycles. The van der Waals surface area contributed by atoms with Crippen molar-refractivity contribution in [3.63, 3.8) is 0 Å². The van der Waals surface area contributed by atoms with Crippen molar-refractivity contribution in [3.05, 3.63) is 17.5 Å². The molecular weight excluding hydrogens is 356 g/mol. The Morgan fingerprint density at radius 1 is 1.43 bits per heavy atom. The monoisotopic (exact) mass is 392 g/mol. The van der Waals surface area contributed by atoms with Crippen LogP contribution < -0.4 is 10.6 Å². The number of aliphatic imine (C=N–C) groups is 1. The highest BCUT2D eigenvalue weighted by Crippen LogP contribution is 2.32. The molecule has 2 rings (SSSR count). The number of aromatic nitrogens is 2. The number of nitrogens with zero attached hydrogens (tertiary/aromatic N) is 4. The Kier molecular flexibility index (Phi) is 8.14. The van der Waals surface area contributed by atoms with Gasteiger partial charge in [-0.25, -0.2) is 4.79 Å². The fourth-order valence-electron chi connectivity index (χ4n) is 3.28. The maximum atomic E-state index is 11.8. The van der Waals surface area contributed by atoms with Gasteiger partial charge >= 0.3 is 6.09 Å². The average Bonchev–Trinajstić information content (AvgIpc) is 3.40. The predicted octanol–water partition coefficient (Wildman–Crippen LogP) is 2.47. The van der Waals surface area contributed by atoms with Crippen LogP contribution in [0.15, 0.2) is 11.2 Å². The zero-order valence-corrected chi connectivity index (χ0v) is 18.2. The Morgan fingerprint density at radius 2 is 2.14 bits per heavy atom. The van der Waals surface area contributed by atoms with Crippen molar-refractivity contribution >= 4 is 12.1 Å². The maximum absolute atomic E-state index is 11.8. The smallest absolute Gasteiger partial charge is 0.407 e. The second-order valence-electron chi connectivity index (χ2n) is 7.73. The standard InChI is InChI=1S/C20H36N6O2/c1-7-21-19(22-11-17(15-9-10-15)23-20(27)28-8-2)25(5)12-16-13-26(6)24-18(16)14(3)4/h13-15,17H,7-12H2,1-6H3,(H,21,22)(H,23,27). The van der Waals surface area contributed by atoms with Crippen LogP contribution in [0.5, 0.6) is 0 Å². The highest BCUT2D eigenvalue weighted by atomic mass is 16.5. The number of nitrogens with one attached hydrogen (secondary N) is 2. The Balaban J connectivity index is 2.06. The molecule has 1 aromatic rings. The van der Waals surface area contributed by atoms with Crippen molar-refractivity contribution in [1.82, 2.24) is 25.3 Å². The van der Waals surface area contributed by atoms with Gasteiger partial charge in [-0.3, -0.25) is 9.67 Å². The molecule has 1 aliphatic rings. The van der Waals surface area contributed by atoms with E-state index in [4.69, 9.17) is 9.73 Å². The number of ether oxygens (including phenoxy) is 1. The summed E-state index contributed by atoms with van der Waals surface area (Å²) >= 11 is 0. The van der Waals surface area contributed by atoms with Crippen LogP contribution in [0.25, 0.3) is 0 Å². The molecule has 8 heteroatoms. The van der Waals surface area contributed by atoms with E-state index in [9.17, 15) is 4.79 Å². The second kappa shape index (κ2) is 10.3. The van der Waals surface area contributed by atoms with Crippen LogP contribution in [-0.2, 0) is 18.3 Å². The minimum Gasteiger partial charge on any atom is -0.450 e. The molecule has 158 valence electrons. The lowest BCUT2D eigenvalue weighted by Crippen LogP contribution is -2.42. The van der Waals surface area contributed by atoms with Crippen molar-refractivity contribution in [3.8, 4) is 0 Å². The van der Waals surface area contributed by atoms with Crippen molar-refractivity contribution < 1.29 is 9.53 Å². The van der Waals surface area contributed by atoms with Gasteiger partial charge in [0.1, 0.15) is 0 Å². The van der Waals surface area contributed by atoms with Crippen LogP contribution in [0.3, 0.4) is 0 Å². The van der Waals surface area contributed by atoms with Crippen LogP contribution in [0.4, 0.5) is 4.79 Å². The molecule has 1 aromatic heterocycles. The third-order valence-corrected chi connectivity index (χ3v) is 4.80. The molecule has 1 heterocycles. The number of aryl methyl sites for hydroxylation is 1. The summed E-state index contributed by atoms with van der Waals surface area (Å²) in [7, 11) is 3.99. The zero-order valence-electron chi connectivity index (χ0n) is 18.2. The fraction of sp³-hybridized carbons (Fsp3) is 0.750. The van der Waals surface area contributed by atoms with E-state index in [1.54, 1.807) is 0 Å². The van der Waals surface area contributed by atoms with Crippen LogP contribution in [0.2, 0.25) is 0 Å². The highest BCUT2D eigenvalue weighted by Gasteiger charge is 2.32. The first kappa shape index (κ1) is 22.0. The number of carbonyl (C=O) groups excluding carboxylic acids is 1. The molecule has 28 heavy (non-hydrogen) atoms. The molecule has 0 radical (unpaired) electrons. The molecule has 0 saturated heterocycles. The lowest BCUT2D eigenvalue weighted by Gasteiger charge is -2.23. The van der Waals surface area contributed by atoms with Crippen LogP contribution in [-0.4, -0.2) is 59.5 Å². The van der Waals surface area contributed by atoms with Gasteiger partial charge in [-0.05, 0) is 38.5 Å². The molecular formula is C20H36N6O2. The number of rotatable bonds is 9. The quantitative estimate of drug-likeness (QED) is 0.498. The molecule has 1 aliphatic carbocycles. The van der Waals surface area contributed by atoms with Gasteiger partial charge in [0.25, 0.3) is 0 Å². The van der Waals surface area contributed by atoms with E-state index in [0.29, 0.717) is 25.0 Å². The topological polar surface area (TPSA) is 83.8 Å². The number of guanidine groups is 1. The fourth-order valence-corrected chi connectivity index (χ4v) is 3.28. The van der Waals surface area contributed by atoms with Gasteiger partial charge in [-0.1, -0.05) is 13.8 Å². The van der Waals surface area contributed by atoms with Crippen LogP contribution >= 0.6 is 0 Å². The summed E-state index contributed by atoms with van der Waals surface area (Å²) in [5.41, 5.74) is 2.32. The SMILES string of the molecule is CCNC(=NCC(NC(=O)OCC)C1CC1)N(C)Cc1cn(C)nc1C(C)C. The van der Waals surface area contributed by atoms with Crippen LogP contribution in [0, 0.1) is 5.92 Å². The van der Waals surface area contributed by atoms with Gasteiger partial charge in [0.2, 0.25) is 0 Å². The molecule has 0 spiro atoms. The number of hydrogen-bond acceptors (Lipinski definition) is 4. The largest absolute Gasteiger partial charge is 0.450 e. The molecule has 8 nitrogen and oxygen atoms in total. The van der Waals surface area contributed by atoms with E-state index in [1.807, 2.05) is 25.7 Å². The number of carbonyl (C=O) groups is 1. The molecule has 0 aliphatic heterocycles. The molecule has 1 unspecified atom stereocenters. The summed E-state index contributed by atoms with van der Waals surface area (Å²) in [5.74, 6) is 1.70. The van der Waals surface area contributed by atoms with E-state index < -0.39 is 0 Å². The maximum Gasteiger partial charge on any atom is 0.407 e. The van der Waals surface area contributed by atoms with Gasteiger partial charge in [0, 0.05) is 38.9 Å². The summed E-state index contributed by atoms with van der Waals surface area (Å²) in [6, 6.07) is 0.0192. The minimum atomic E-state index is -0.357. The van der Waals surface area contributed by atoms with Gasteiger partial charge < -0.3 is 20.3 Å². The predicted molar refractivity (Wildman–Crippen MR) is 111 cm³/mol. The Morgan fingerprint density at radius 3 is 2.71 bits per heavy atom. The first-order valence-corrected chi connectivity index (χ1v) is 10.3. The average molecular weight is 393 g/mol. The van der Waals surface area contributed by atoms with Gasteiger partial charge in [-0.2, -0.15) is 5.10 Å². The lowest BCUT2D eigenvalue weighted by atomic mass is 10.1. The number of hydrogen-bond donors (Lipinski definition) is 2.